The van der Waals surface area contributed by atoms with Crippen molar-refractivity contribution < 1.29 is 9.59 Å². The predicted octanol–water partition coefficient (Wildman–Crippen LogP) is 1.95. The Labute approximate surface area is 161 Å². The van der Waals surface area contributed by atoms with Gasteiger partial charge in [0.1, 0.15) is 0 Å². The molecule has 1 aliphatic rings. The maximum atomic E-state index is 12.1. The largest absolute Gasteiger partial charge is 0.273 e. The van der Waals surface area contributed by atoms with E-state index >= 15 is 0 Å². The Balaban J connectivity index is 1.33. The molecule has 0 spiro atoms. The highest BCUT2D eigenvalue weighted by molar-refractivity contribution is 5.95. The van der Waals surface area contributed by atoms with Gasteiger partial charge in [0.15, 0.2) is 0 Å². The number of benzene rings is 2. The lowest BCUT2D eigenvalue weighted by molar-refractivity contribution is -0.128. The van der Waals surface area contributed by atoms with Gasteiger partial charge in [0.05, 0.1) is 6.54 Å². The van der Waals surface area contributed by atoms with Crippen LogP contribution < -0.4 is 10.9 Å². The van der Waals surface area contributed by atoms with Crippen molar-refractivity contribution in [2.75, 3.05) is 0 Å². The van der Waals surface area contributed by atoms with Gasteiger partial charge in [0.2, 0.25) is 11.7 Å². The summed E-state index contributed by atoms with van der Waals surface area (Å²) in [6.45, 7) is 0.445. The number of carbonyl (C=O) groups is 2. The van der Waals surface area contributed by atoms with Gasteiger partial charge in [0.25, 0.3) is 5.91 Å². The fraction of sp³-hybridized carbons (Fsp3) is 0.250. The van der Waals surface area contributed by atoms with E-state index in [0.717, 1.165) is 30.4 Å². The van der Waals surface area contributed by atoms with Crippen LogP contribution in [0.3, 0.4) is 0 Å². The number of tetrazole rings is 1. The van der Waals surface area contributed by atoms with Crippen molar-refractivity contribution in [2.45, 2.75) is 25.8 Å². The van der Waals surface area contributed by atoms with E-state index in [1.54, 1.807) is 12.1 Å². The molecule has 0 atom stereocenters. The number of nitrogens with zero attached hydrogens (tertiary/aromatic N) is 4. The van der Waals surface area contributed by atoms with E-state index in [4.69, 9.17) is 0 Å². The minimum absolute atomic E-state index is 0.0265. The Morgan fingerprint density at radius 2 is 1.75 bits per heavy atom. The summed E-state index contributed by atoms with van der Waals surface area (Å²) in [5.41, 5.74) is 7.26. The van der Waals surface area contributed by atoms with Gasteiger partial charge >= 0.3 is 0 Å². The minimum Gasteiger partial charge on any atom is -0.273 e. The van der Waals surface area contributed by atoms with Crippen LogP contribution in [0.15, 0.2) is 54.6 Å². The van der Waals surface area contributed by atoms with E-state index in [2.05, 4.69) is 26.3 Å². The van der Waals surface area contributed by atoms with E-state index in [1.807, 2.05) is 42.5 Å². The van der Waals surface area contributed by atoms with Crippen molar-refractivity contribution >= 4 is 11.8 Å². The second-order valence-electron chi connectivity index (χ2n) is 6.78. The number of hydrogen-bond acceptors (Lipinski definition) is 5. The van der Waals surface area contributed by atoms with Crippen molar-refractivity contribution in [2.24, 2.45) is 5.92 Å². The van der Waals surface area contributed by atoms with Crippen LogP contribution in [0.5, 0.6) is 0 Å². The smallest absolute Gasteiger partial charge is 0.269 e. The molecule has 28 heavy (non-hydrogen) atoms. The molecule has 1 saturated carbocycles. The zero-order chi connectivity index (χ0) is 19.3. The summed E-state index contributed by atoms with van der Waals surface area (Å²) in [5.74, 6) is 0.129. The second kappa shape index (κ2) is 7.99. The lowest BCUT2D eigenvalue weighted by atomic mass is 9.85. The van der Waals surface area contributed by atoms with Gasteiger partial charge in [0, 0.05) is 17.0 Å². The van der Waals surface area contributed by atoms with Gasteiger partial charge in [-0.2, -0.15) is 4.80 Å². The molecule has 0 radical (unpaired) electrons. The third kappa shape index (κ3) is 4.06. The molecule has 1 aliphatic carbocycles. The van der Waals surface area contributed by atoms with Crippen LogP contribution in [-0.2, 0) is 11.3 Å². The molecule has 0 saturated heterocycles. The Morgan fingerprint density at radius 1 is 1.00 bits per heavy atom. The lowest BCUT2D eigenvalue weighted by Gasteiger charge is -2.23. The van der Waals surface area contributed by atoms with Gasteiger partial charge < -0.3 is 0 Å². The summed E-state index contributed by atoms with van der Waals surface area (Å²) in [6, 6.07) is 16.7. The van der Waals surface area contributed by atoms with Gasteiger partial charge in [-0.3, -0.25) is 20.4 Å². The van der Waals surface area contributed by atoms with Crippen molar-refractivity contribution in [3.05, 3.63) is 65.7 Å². The zero-order valence-electron chi connectivity index (χ0n) is 15.2. The number of hydrazine groups is 1. The zero-order valence-corrected chi connectivity index (χ0v) is 15.2. The number of amides is 2. The molecule has 4 rings (SSSR count). The highest BCUT2D eigenvalue weighted by Crippen LogP contribution is 2.25. The normalized spacial score (nSPS) is 13.6. The highest BCUT2D eigenvalue weighted by atomic mass is 16.2. The summed E-state index contributed by atoms with van der Waals surface area (Å²) in [5, 5.41) is 12.5. The minimum atomic E-state index is -0.343. The van der Waals surface area contributed by atoms with Crippen molar-refractivity contribution in [1.82, 2.24) is 31.1 Å². The maximum absolute atomic E-state index is 12.1. The molecule has 0 bridgehead atoms. The fourth-order valence-electron chi connectivity index (χ4n) is 2.90. The molecule has 142 valence electrons. The van der Waals surface area contributed by atoms with Crippen LogP contribution >= 0.6 is 0 Å². The molecule has 2 N–H and O–H groups in total. The Bertz CT molecular complexity index is 964. The third-order valence-electron chi connectivity index (χ3n) is 4.80. The molecule has 2 aromatic carbocycles. The Hall–Kier alpha value is -3.55. The molecular weight excluding hydrogens is 356 g/mol. The molecule has 1 aromatic heterocycles. The van der Waals surface area contributed by atoms with Crippen molar-refractivity contribution in [1.29, 1.82) is 0 Å². The first-order valence-electron chi connectivity index (χ1n) is 9.21. The number of aromatic nitrogens is 4. The quantitative estimate of drug-likeness (QED) is 0.663. The Morgan fingerprint density at radius 3 is 2.43 bits per heavy atom. The average molecular weight is 376 g/mol. The first kappa shape index (κ1) is 17.8. The van der Waals surface area contributed by atoms with Gasteiger partial charge in [-0.05, 0) is 35.8 Å². The first-order valence-corrected chi connectivity index (χ1v) is 9.21. The molecule has 8 nitrogen and oxygen atoms in total. The molecule has 1 fully saturated rings. The van der Waals surface area contributed by atoms with E-state index in [1.165, 1.54) is 4.80 Å². The SMILES string of the molecule is O=C(NNC(=O)C1CCC1)c1ccc(Cn2nnc(-c3ccccc3)n2)cc1. The van der Waals surface area contributed by atoms with E-state index < -0.39 is 0 Å². The van der Waals surface area contributed by atoms with E-state index in [-0.39, 0.29) is 17.7 Å². The van der Waals surface area contributed by atoms with Gasteiger partial charge in [-0.1, -0.05) is 48.9 Å². The van der Waals surface area contributed by atoms with E-state index in [9.17, 15) is 9.59 Å². The highest BCUT2D eigenvalue weighted by Gasteiger charge is 2.25. The first-order chi connectivity index (χ1) is 13.7. The molecule has 8 heteroatoms. The van der Waals surface area contributed by atoms with Gasteiger partial charge in [-0.15, -0.1) is 10.2 Å². The van der Waals surface area contributed by atoms with Crippen LogP contribution in [0.1, 0.15) is 35.2 Å². The number of hydrogen-bond donors (Lipinski definition) is 2. The summed E-state index contributed by atoms with van der Waals surface area (Å²) in [6.07, 6.45) is 2.85. The fourth-order valence-corrected chi connectivity index (χ4v) is 2.90. The van der Waals surface area contributed by atoms with Crippen LogP contribution in [-0.4, -0.2) is 32.0 Å². The van der Waals surface area contributed by atoms with Crippen molar-refractivity contribution in [3.8, 4) is 11.4 Å². The molecule has 3 aromatic rings. The van der Waals surface area contributed by atoms with Gasteiger partial charge in [-0.25, -0.2) is 0 Å². The molecule has 0 aliphatic heterocycles. The molecule has 1 heterocycles. The average Bonchev–Trinajstić information content (AvgIpc) is 3.14. The molecule has 2 amide bonds. The van der Waals surface area contributed by atoms with Crippen LogP contribution in [0, 0.1) is 5.92 Å². The standard InChI is InChI=1S/C20H20N6O2/c27-19(16-7-4-8-16)22-23-20(28)17-11-9-14(10-12-17)13-26-24-18(21-25-26)15-5-2-1-3-6-15/h1-3,5-6,9-12,16H,4,7-8,13H2,(H,22,27)(H,23,28). The van der Waals surface area contributed by atoms with Crippen molar-refractivity contribution in [3.63, 3.8) is 0 Å². The van der Waals surface area contributed by atoms with E-state index in [0.29, 0.717) is 17.9 Å². The monoisotopic (exact) mass is 376 g/mol. The van der Waals surface area contributed by atoms with Crippen LogP contribution in [0.4, 0.5) is 0 Å². The summed E-state index contributed by atoms with van der Waals surface area (Å²) >= 11 is 0. The van der Waals surface area contributed by atoms with Crippen LogP contribution in [0.2, 0.25) is 0 Å². The van der Waals surface area contributed by atoms with Crippen LogP contribution in [0.25, 0.3) is 11.4 Å². The summed E-state index contributed by atoms with van der Waals surface area (Å²) < 4.78 is 0. The topological polar surface area (TPSA) is 102 Å². The number of carbonyl (C=O) groups excluding carboxylic acids is 2. The number of nitrogens with one attached hydrogen (secondary N) is 2. The third-order valence-corrected chi connectivity index (χ3v) is 4.80. The maximum Gasteiger partial charge on any atom is 0.269 e. The summed E-state index contributed by atoms with van der Waals surface area (Å²) in [4.78, 5) is 25.4. The second-order valence-corrected chi connectivity index (χ2v) is 6.78. The summed E-state index contributed by atoms with van der Waals surface area (Å²) in [7, 11) is 0. The lowest BCUT2D eigenvalue weighted by Crippen LogP contribution is -2.46. The molecule has 0 unspecified atom stereocenters. The Kier molecular flexibility index (Phi) is 5.09. The predicted molar refractivity (Wildman–Crippen MR) is 102 cm³/mol. The molecular formula is C20H20N6O2. The number of rotatable bonds is 5.